The predicted molar refractivity (Wildman–Crippen MR) is 92.3 cm³/mol. The van der Waals surface area contributed by atoms with Gasteiger partial charge in [-0.1, -0.05) is 12.1 Å². The molecule has 2 aromatic rings. The summed E-state index contributed by atoms with van der Waals surface area (Å²) in [7, 11) is 0. The summed E-state index contributed by atoms with van der Waals surface area (Å²) in [5, 5.41) is 3.29. The molecule has 1 aromatic heterocycles. The van der Waals surface area contributed by atoms with E-state index in [-0.39, 0.29) is 30.6 Å². The van der Waals surface area contributed by atoms with Gasteiger partial charge in [0.1, 0.15) is 12.4 Å². The highest BCUT2D eigenvalue weighted by atomic mass is 35.5. The Morgan fingerprint density at radius 2 is 1.78 bits per heavy atom. The summed E-state index contributed by atoms with van der Waals surface area (Å²) >= 11 is 0. The number of hydrogen-bond acceptors (Lipinski definition) is 5. The Labute approximate surface area is 147 Å². The van der Waals surface area contributed by atoms with Gasteiger partial charge in [-0.2, -0.15) is 4.98 Å². The molecule has 23 heavy (non-hydrogen) atoms. The number of anilines is 1. The lowest BCUT2D eigenvalue weighted by molar-refractivity contribution is 0.293. The van der Waals surface area contributed by atoms with Crippen LogP contribution in [0.15, 0.2) is 36.5 Å². The van der Waals surface area contributed by atoms with Crippen LogP contribution in [0, 0.1) is 5.82 Å². The monoisotopic (exact) mass is 360 g/mol. The number of nitrogens with one attached hydrogen (secondary N) is 1. The number of ether oxygens (including phenoxy) is 1. The van der Waals surface area contributed by atoms with Crippen LogP contribution in [0.3, 0.4) is 0 Å². The molecule has 3 rings (SSSR count). The van der Waals surface area contributed by atoms with Crippen LogP contribution in [0.25, 0.3) is 0 Å². The smallest absolute Gasteiger partial charge is 0.228 e. The minimum atomic E-state index is -0.248. The van der Waals surface area contributed by atoms with Crippen molar-refractivity contribution in [2.45, 2.75) is 6.61 Å². The quantitative estimate of drug-likeness (QED) is 0.907. The van der Waals surface area contributed by atoms with E-state index in [0.717, 1.165) is 31.7 Å². The molecule has 5 nitrogen and oxygen atoms in total. The molecule has 1 aromatic carbocycles. The SMILES string of the molecule is Cl.Cl.Fc1ccc(COc2ccnc(N3CCNCC3)n2)cc1. The predicted octanol–water partition coefficient (Wildman–Crippen LogP) is 2.45. The molecule has 0 atom stereocenters. The second-order valence-electron chi connectivity index (χ2n) is 4.85. The van der Waals surface area contributed by atoms with Crippen molar-refractivity contribution in [3.63, 3.8) is 0 Å². The van der Waals surface area contributed by atoms with Gasteiger partial charge in [0, 0.05) is 38.4 Å². The number of benzene rings is 1. The van der Waals surface area contributed by atoms with E-state index in [9.17, 15) is 4.39 Å². The third-order valence-electron chi connectivity index (χ3n) is 3.32. The lowest BCUT2D eigenvalue weighted by atomic mass is 10.2. The van der Waals surface area contributed by atoms with Crippen LogP contribution in [0.5, 0.6) is 5.88 Å². The van der Waals surface area contributed by atoms with Crippen LogP contribution in [-0.2, 0) is 6.61 Å². The van der Waals surface area contributed by atoms with Crippen LogP contribution in [0.4, 0.5) is 10.3 Å². The largest absolute Gasteiger partial charge is 0.473 e. The van der Waals surface area contributed by atoms with Gasteiger partial charge in [0.15, 0.2) is 0 Å². The van der Waals surface area contributed by atoms with Gasteiger partial charge >= 0.3 is 0 Å². The number of rotatable bonds is 4. The second kappa shape index (κ2) is 9.50. The van der Waals surface area contributed by atoms with Gasteiger partial charge in [0.05, 0.1) is 0 Å². The van der Waals surface area contributed by atoms with E-state index in [1.54, 1.807) is 24.4 Å². The summed E-state index contributed by atoms with van der Waals surface area (Å²) in [5.41, 5.74) is 0.902. The fraction of sp³-hybridized carbons (Fsp3) is 0.333. The molecule has 126 valence electrons. The Kier molecular flexibility index (Phi) is 8.02. The summed E-state index contributed by atoms with van der Waals surface area (Å²) in [5.74, 6) is 0.970. The Morgan fingerprint density at radius 1 is 1.09 bits per heavy atom. The molecule has 0 saturated carbocycles. The van der Waals surface area contributed by atoms with Crippen molar-refractivity contribution in [2.75, 3.05) is 31.1 Å². The van der Waals surface area contributed by atoms with Gasteiger partial charge in [-0.25, -0.2) is 9.37 Å². The standard InChI is InChI=1S/C15H17FN4O.2ClH/c16-13-3-1-12(2-4-13)11-21-14-5-6-18-15(19-14)20-9-7-17-8-10-20;;/h1-6,17H,7-11H2;2*1H. The fourth-order valence-corrected chi connectivity index (χ4v) is 2.17. The number of aromatic nitrogens is 2. The highest BCUT2D eigenvalue weighted by Crippen LogP contribution is 2.14. The van der Waals surface area contributed by atoms with Crippen molar-refractivity contribution < 1.29 is 9.13 Å². The van der Waals surface area contributed by atoms with Gasteiger partial charge in [-0.15, -0.1) is 24.8 Å². The summed E-state index contributed by atoms with van der Waals surface area (Å²) < 4.78 is 18.5. The summed E-state index contributed by atoms with van der Waals surface area (Å²) in [6.45, 7) is 4.01. The van der Waals surface area contributed by atoms with E-state index in [1.165, 1.54) is 12.1 Å². The highest BCUT2D eigenvalue weighted by Gasteiger charge is 2.13. The molecule has 2 heterocycles. The van der Waals surface area contributed by atoms with Crippen molar-refractivity contribution in [1.29, 1.82) is 0 Å². The lowest BCUT2D eigenvalue weighted by Gasteiger charge is -2.27. The first-order valence-electron chi connectivity index (χ1n) is 6.97. The fourth-order valence-electron chi connectivity index (χ4n) is 2.17. The molecule has 0 aliphatic carbocycles. The molecule has 1 aliphatic rings. The van der Waals surface area contributed by atoms with Crippen molar-refractivity contribution in [3.05, 3.63) is 47.9 Å². The number of piperazine rings is 1. The minimum absolute atomic E-state index is 0. The van der Waals surface area contributed by atoms with Crippen LogP contribution in [0.2, 0.25) is 0 Å². The Hall–Kier alpha value is -1.63. The van der Waals surface area contributed by atoms with E-state index >= 15 is 0 Å². The molecule has 1 aliphatic heterocycles. The van der Waals surface area contributed by atoms with Crippen LogP contribution < -0.4 is 15.0 Å². The van der Waals surface area contributed by atoms with E-state index in [4.69, 9.17) is 4.74 Å². The minimum Gasteiger partial charge on any atom is -0.473 e. The van der Waals surface area contributed by atoms with Gasteiger partial charge in [0.25, 0.3) is 0 Å². The molecule has 0 spiro atoms. The zero-order valence-electron chi connectivity index (χ0n) is 12.4. The zero-order valence-corrected chi connectivity index (χ0v) is 14.1. The normalized spacial score (nSPS) is 13.7. The van der Waals surface area contributed by atoms with Crippen LogP contribution in [-0.4, -0.2) is 36.1 Å². The first-order chi connectivity index (χ1) is 10.3. The van der Waals surface area contributed by atoms with E-state index in [2.05, 4.69) is 20.2 Å². The molecule has 0 radical (unpaired) electrons. The van der Waals surface area contributed by atoms with Crippen molar-refractivity contribution >= 4 is 30.8 Å². The average Bonchev–Trinajstić information content (AvgIpc) is 2.55. The maximum atomic E-state index is 12.8. The maximum Gasteiger partial charge on any atom is 0.228 e. The zero-order chi connectivity index (χ0) is 14.5. The van der Waals surface area contributed by atoms with Crippen LogP contribution >= 0.6 is 24.8 Å². The highest BCUT2D eigenvalue weighted by molar-refractivity contribution is 5.85. The summed E-state index contributed by atoms with van der Waals surface area (Å²) in [4.78, 5) is 10.8. The van der Waals surface area contributed by atoms with Crippen molar-refractivity contribution in [1.82, 2.24) is 15.3 Å². The van der Waals surface area contributed by atoms with E-state index in [0.29, 0.717) is 18.4 Å². The molecule has 1 saturated heterocycles. The number of hydrogen-bond donors (Lipinski definition) is 1. The number of nitrogens with zero attached hydrogens (tertiary/aromatic N) is 3. The molecule has 0 amide bonds. The molecule has 1 fully saturated rings. The molecule has 0 bridgehead atoms. The average molecular weight is 361 g/mol. The Morgan fingerprint density at radius 3 is 2.48 bits per heavy atom. The maximum absolute atomic E-state index is 12.8. The second-order valence-corrected chi connectivity index (χ2v) is 4.85. The van der Waals surface area contributed by atoms with Crippen molar-refractivity contribution in [2.24, 2.45) is 0 Å². The molecule has 8 heteroatoms. The van der Waals surface area contributed by atoms with Gasteiger partial charge in [-0.05, 0) is 17.7 Å². The summed E-state index contributed by atoms with van der Waals surface area (Å²) in [6, 6.07) is 7.98. The summed E-state index contributed by atoms with van der Waals surface area (Å²) in [6.07, 6.45) is 1.70. The third-order valence-corrected chi connectivity index (χ3v) is 3.32. The third kappa shape index (κ3) is 5.49. The Balaban J connectivity index is 0.00000132. The molecular weight excluding hydrogens is 342 g/mol. The first-order valence-corrected chi connectivity index (χ1v) is 6.97. The van der Waals surface area contributed by atoms with Gasteiger partial charge in [0.2, 0.25) is 11.8 Å². The molecular formula is C15H19Cl2FN4O. The number of halogens is 3. The topological polar surface area (TPSA) is 50.3 Å². The Bertz CT molecular complexity index is 594. The van der Waals surface area contributed by atoms with E-state index in [1.807, 2.05) is 0 Å². The first kappa shape index (κ1) is 19.4. The van der Waals surface area contributed by atoms with Crippen molar-refractivity contribution in [3.8, 4) is 5.88 Å². The molecule has 0 unspecified atom stereocenters. The lowest BCUT2D eigenvalue weighted by Crippen LogP contribution is -2.44. The molecule has 1 N–H and O–H groups in total. The van der Waals surface area contributed by atoms with E-state index < -0.39 is 0 Å². The van der Waals surface area contributed by atoms with Crippen LogP contribution in [0.1, 0.15) is 5.56 Å². The van der Waals surface area contributed by atoms with Gasteiger partial charge in [-0.3, -0.25) is 0 Å². The van der Waals surface area contributed by atoms with Gasteiger partial charge < -0.3 is 15.0 Å².